The highest BCUT2D eigenvalue weighted by Gasteiger charge is 2.29. The first kappa shape index (κ1) is 19.8. The highest BCUT2D eigenvalue weighted by Crippen LogP contribution is 2.37. The number of anilines is 1. The number of nitrogens with zero attached hydrogens (tertiary/aromatic N) is 2. The molecule has 1 saturated heterocycles. The molecular weight excluding hydrogens is 370 g/mol. The summed E-state index contributed by atoms with van der Waals surface area (Å²) in [6.07, 6.45) is 2.96. The Balaban J connectivity index is 1.41. The van der Waals surface area contributed by atoms with Gasteiger partial charge in [-0.25, -0.2) is 0 Å². The Kier molecular flexibility index (Phi) is 5.50. The number of carbonyl (C=O) groups is 1. The van der Waals surface area contributed by atoms with Gasteiger partial charge >= 0.3 is 0 Å². The lowest BCUT2D eigenvalue weighted by molar-refractivity contribution is -0.117. The Labute approximate surface area is 171 Å². The molecule has 1 aromatic heterocycles. The summed E-state index contributed by atoms with van der Waals surface area (Å²) in [6, 6.07) is 8.12. The van der Waals surface area contributed by atoms with Crippen molar-refractivity contribution < 1.29 is 18.8 Å². The quantitative estimate of drug-likeness (QED) is 0.840. The Morgan fingerprint density at radius 1 is 1.17 bits per heavy atom. The Morgan fingerprint density at radius 3 is 2.72 bits per heavy atom. The average molecular weight is 399 g/mol. The van der Waals surface area contributed by atoms with E-state index in [-0.39, 0.29) is 17.4 Å². The molecule has 7 nitrogen and oxygen atoms in total. The highest BCUT2D eigenvalue weighted by atomic mass is 16.5. The first-order valence-corrected chi connectivity index (χ1v) is 10.3. The maximum absolute atomic E-state index is 12.6. The van der Waals surface area contributed by atoms with E-state index in [0.29, 0.717) is 25.6 Å². The van der Waals surface area contributed by atoms with Crippen molar-refractivity contribution in [1.82, 2.24) is 10.1 Å². The zero-order valence-electron chi connectivity index (χ0n) is 17.4. The molecule has 0 spiro atoms. The van der Waals surface area contributed by atoms with E-state index in [1.807, 2.05) is 6.07 Å². The topological polar surface area (TPSA) is 76.8 Å². The summed E-state index contributed by atoms with van der Waals surface area (Å²) < 4.78 is 16.8. The lowest BCUT2D eigenvalue weighted by Crippen LogP contribution is -2.32. The number of nitrogens with one attached hydrogen (secondary N) is 1. The van der Waals surface area contributed by atoms with E-state index in [4.69, 9.17) is 14.0 Å². The maximum Gasteiger partial charge on any atom is 0.240 e. The molecule has 1 amide bonds. The van der Waals surface area contributed by atoms with Gasteiger partial charge in [-0.1, -0.05) is 32.0 Å². The van der Waals surface area contributed by atoms with Gasteiger partial charge in [0.2, 0.25) is 11.8 Å². The van der Waals surface area contributed by atoms with E-state index < -0.39 is 0 Å². The fourth-order valence-electron chi connectivity index (χ4n) is 3.83. The first-order chi connectivity index (χ1) is 13.9. The van der Waals surface area contributed by atoms with E-state index in [2.05, 4.69) is 48.3 Å². The molecule has 29 heavy (non-hydrogen) atoms. The van der Waals surface area contributed by atoms with Crippen molar-refractivity contribution in [3.05, 3.63) is 35.5 Å². The smallest absolute Gasteiger partial charge is 0.240 e. The number of amides is 1. The standard InChI is InChI=1S/C22H29N3O4/c1-22(2,3)19-13-21(29-24-19)23-20(26)14-25-9-4-6-16(25)15-7-8-17-18(12-15)28-11-5-10-27-17/h7-8,12-13,16H,4-6,9-11,14H2,1-3H3,(H,23,26). The fraction of sp³-hybridized carbons (Fsp3) is 0.545. The number of benzene rings is 1. The zero-order chi connectivity index (χ0) is 20.4. The molecule has 1 unspecified atom stereocenters. The average Bonchev–Trinajstić information content (AvgIpc) is 3.25. The maximum atomic E-state index is 12.6. The molecule has 3 heterocycles. The third kappa shape index (κ3) is 4.56. The van der Waals surface area contributed by atoms with Crippen LogP contribution in [0.4, 0.5) is 5.88 Å². The van der Waals surface area contributed by atoms with Crippen LogP contribution in [0.5, 0.6) is 11.5 Å². The van der Waals surface area contributed by atoms with Gasteiger partial charge in [-0.2, -0.15) is 0 Å². The molecule has 156 valence electrons. The van der Waals surface area contributed by atoms with Crippen LogP contribution in [-0.2, 0) is 10.2 Å². The van der Waals surface area contributed by atoms with Crippen LogP contribution >= 0.6 is 0 Å². The normalized spacial score (nSPS) is 19.8. The number of aromatic nitrogens is 1. The van der Waals surface area contributed by atoms with E-state index in [9.17, 15) is 4.79 Å². The minimum absolute atomic E-state index is 0.0946. The second-order valence-corrected chi connectivity index (χ2v) is 8.76. The zero-order valence-corrected chi connectivity index (χ0v) is 17.4. The number of fused-ring (bicyclic) bond motifs is 1. The monoisotopic (exact) mass is 399 g/mol. The van der Waals surface area contributed by atoms with Crippen LogP contribution in [0.1, 0.15) is 57.3 Å². The van der Waals surface area contributed by atoms with Gasteiger partial charge in [-0.3, -0.25) is 15.0 Å². The Morgan fingerprint density at radius 2 is 1.97 bits per heavy atom. The van der Waals surface area contributed by atoms with Crippen LogP contribution in [0.3, 0.4) is 0 Å². The van der Waals surface area contributed by atoms with Gasteiger partial charge in [0.15, 0.2) is 11.5 Å². The van der Waals surface area contributed by atoms with Crippen molar-refractivity contribution in [3.8, 4) is 11.5 Å². The van der Waals surface area contributed by atoms with Crippen LogP contribution in [0.25, 0.3) is 0 Å². The molecule has 0 aliphatic carbocycles. The van der Waals surface area contributed by atoms with Crippen LogP contribution in [0.15, 0.2) is 28.8 Å². The van der Waals surface area contributed by atoms with Crippen molar-refractivity contribution >= 4 is 11.8 Å². The van der Waals surface area contributed by atoms with Crippen LogP contribution in [-0.4, -0.2) is 42.3 Å². The molecule has 2 aliphatic heterocycles. The third-order valence-corrected chi connectivity index (χ3v) is 5.41. The SMILES string of the molecule is CC(C)(C)c1cc(NC(=O)CN2CCCC2c2ccc3c(c2)OCCCO3)on1. The lowest BCUT2D eigenvalue weighted by atomic mass is 9.92. The number of hydrogen-bond donors (Lipinski definition) is 1. The number of rotatable bonds is 4. The molecule has 0 saturated carbocycles. The molecule has 0 radical (unpaired) electrons. The Hall–Kier alpha value is -2.54. The number of likely N-dealkylation sites (tertiary alicyclic amines) is 1. The van der Waals surface area contributed by atoms with Gasteiger partial charge in [0.05, 0.1) is 25.5 Å². The summed E-state index contributed by atoms with van der Waals surface area (Å²) in [6.45, 7) is 8.71. The van der Waals surface area contributed by atoms with Crippen LogP contribution < -0.4 is 14.8 Å². The largest absolute Gasteiger partial charge is 0.490 e. The summed E-state index contributed by atoms with van der Waals surface area (Å²) in [4.78, 5) is 14.8. The minimum Gasteiger partial charge on any atom is -0.490 e. The van der Waals surface area contributed by atoms with Crippen molar-refractivity contribution in [1.29, 1.82) is 0 Å². The molecule has 1 N–H and O–H groups in total. The van der Waals surface area contributed by atoms with E-state index >= 15 is 0 Å². The van der Waals surface area contributed by atoms with Gasteiger partial charge in [0.1, 0.15) is 0 Å². The number of hydrogen-bond acceptors (Lipinski definition) is 6. The first-order valence-electron chi connectivity index (χ1n) is 10.3. The summed E-state index contributed by atoms with van der Waals surface area (Å²) in [5.41, 5.74) is 1.86. The van der Waals surface area contributed by atoms with Gasteiger partial charge < -0.3 is 14.0 Å². The van der Waals surface area contributed by atoms with E-state index in [1.165, 1.54) is 0 Å². The van der Waals surface area contributed by atoms with Crippen molar-refractivity contribution in [2.45, 2.75) is 51.5 Å². The van der Waals surface area contributed by atoms with Gasteiger partial charge in [0.25, 0.3) is 0 Å². The Bertz CT molecular complexity index is 871. The molecular formula is C22H29N3O4. The molecule has 1 fully saturated rings. The van der Waals surface area contributed by atoms with E-state index in [0.717, 1.165) is 48.6 Å². The summed E-state index contributed by atoms with van der Waals surface area (Å²) >= 11 is 0. The number of ether oxygens (including phenoxy) is 2. The molecule has 0 bridgehead atoms. The van der Waals surface area contributed by atoms with E-state index in [1.54, 1.807) is 6.07 Å². The molecule has 4 rings (SSSR count). The molecule has 1 aromatic carbocycles. The molecule has 1 atom stereocenters. The second-order valence-electron chi connectivity index (χ2n) is 8.76. The van der Waals surface area contributed by atoms with Crippen molar-refractivity contribution in [3.63, 3.8) is 0 Å². The van der Waals surface area contributed by atoms with Crippen molar-refractivity contribution in [2.75, 3.05) is 31.6 Å². The third-order valence-electron chi connectivity index (χ3n) is 5.41. The molecule has 7 heteroatoms. The second kappa shape index (κ2) is 8.06. The fourth-order valence-corrected chi connectivity index (χ4v) is 3.83. The van der Waals surface area contributed by atoms with Crippen molar-refractivity contribution in [2.24, 2.45) is 0 Å². The summed E-state index contributed by atoms with van der Waals surface area (Å²) in [7, 11) is 0. The number of carbonyl (C=O) groups excluding carboxylic acids is 1. The van der Waals surface area contributed by atoms with Gasteiger partial charge in [-0.05, 0) is 37.1 Å². The van der Waals surface area contributed by atoms with Gasteiger partial charge in [0, 0.05) is 23.9 Å². The van der Waals surface area contributed by atoms with Crippen LogP contribution in [0.2, 0.25) is 0 Å². The predicted octanol–water partition coefficient (Wildman–Crippen LogP) is 3.91. The molecule has 2 aliphatic rings. The highest BCUT2D eigenvalue weighted by molar-refractivity contribution is 5.91. The molecule has 2 aromatic rings. The summed E-state index contributed by atoms with van der Waals surface area (Å²) in [5.74, 6) is 1.90. The van der Waals surface area contributed by atoms with Crippen LogP contribution in [0, 0.1) is 0 Å². The predicted molar refractivity (Wildman–Crippen MR) is 109 cm³/mol. The van der Waals surface area contributed by atoms with Gasteiger partial charge in [-0.15, -0.1) is 0 Å². The summed E-state index contributed by atoms with van der Waals surface area (Å²) in [5, 5.41) is 6.89. The lowest BCUT2D eigenvalue weighted by Gasteiger charge is -2.24. The minimum atomic E-state index is -0.121.